The largest absolute Gasteiger partial charge is 0.357 e. The zero-order chi connectivity index (χ0) is 11.5. The van der Waals surface area contributed by atoms with Crippen molar-refractivity contribution in [2.75, 3.05) is 11.4 Å². The average molecular weight is 221 g/mol. The summed E-state index contributed by atoms with van der Waals surface area (Å²) in [6.45, 7) is 0.990. The Balaban J connectivity index is 1.93. The van der Waals surface area contributed by atoms with Crippen LogP contribution < -0.4 is 4.90 Å². The Bertz CT molecular complexity index is 502. The van der Waals surface area contributed by atoms with Crippen LogP contribution in [0.15, 0.2) is 72.8 Å². The molecule has 0 aliphatic carbocycles. The van der Waals surface area contributed by atoms with Gasteiger partial charge in [-0.25, -0.2) is 0 Å². The van der Waals surface area contributed by atoms with Crippen molar-refractivity contribution < 1.29 is 0 Å². The molecule has 2 aromatic rings. The van der Waals surface area contributed by atoms with Crippen LogP contribution in [0.1, 0.15) is 11.6 Å². The number of anilines is 1. The molecule has 1 heterocycles. The van der Waals surface area contributed by atoms with Gasteiger partial charge in [-0.2, -0.15) is 0 Å². The zero-order valence-corrected chi connectivity index (χ0v) is 9.66. The van der Waals surface area contributed by atoms with Gasteiger partial charge in [-0.3, -0.25) is 0 Å². The summed E-state index contributed by atoms with van der Waals surface area (Å²) >= 11 is 0. The SMILES string of the molecule is C1=CC(c2ccccc2)N(c2ccccc2)C1. The second-order valence-corrected chi connectivity index (χ2v) is 4.27. The lowest BCUT2D eigenvalue weighted by molar-refractivity contribution is 0.814. The van der Waals surface area contributed by atoms with Gasteiger partial charge in [0, 0.05) is 12.2 Å². The van der Waals surface area contributed by atoms with E-state index in [2.05, 4.69) is 77.7 Å². The molecule has 0 bridgehead atoms. The molecule has 0 aromatic heterocycles. The van der Waals surface area contributed by atoms with Gasteiger partial charge in [-0.1, -0.05) is 60.7 Å². The van der Waals surface area contributed by atoms with E-state index >= 15 is 0 Å². The van der Waals surface area contributed by atoms with E-state index in [1.54, 1.807) is 0 Å². The van der Waals surface area contributed by atoms with Crippen molar-refractivity contribution in [3.05, 3.63) is 78.4 Å². The Kier molecular flexibility index (Phi) is 2.66. The lowest BCUT2D eigenvalue weighted by atomic mass is 10.1. The van der Waals surface area contributed by atoms with E-state index in [4.69, 9.17) is 0 Å². The molecular weight excluding hydrogens is 206 g/mol. The minimum absolute atomic E-state index is 0.374. The molecule has 0 radical (unpaired) electrons. The van der Waals surface area contributed by atoms with E-state index < -0.39 is 0 Å². The van der Waals surface area contributed by atoms with Gasteiger partial charge in [0.2, 0.25) is 0 Å². The van der Waals surface area contributed by atoms with E-state index in [1.165, 1.54) is 11.3 Å². The molecule has 0 saturated heterocycles. The van der Waals surface area contributed by atoms with E-state index in [9.17, 15) is 0 Å². The van der Waals surface area contributed by atoms with Crippen molar-refractivity contribution in [2.24, 2.45) is 0 Å². The highest BCUT2D eigenvalue weighted by atomic mass is 15.2. The van der Waals surface area contributed by atoms with Gasteiger partial charge in [0.15, 0.2) is 0 Å². The third-order valence-electron chi connectivity index (χ3n) is 3.19. The van der Waals surface area contributed by atoms with Crippen molar-refractivity contribution in [1.82, 2.24) is 0 Å². The first-order chi connectivity index (χ1) is 8.45. The molecule has 1 aliphatic rings. The van der Waals surface area contributed by atoms with Crippen molar-refractivity contribution in [3.63, 3.8) is 0 Å². The minimum Gasteiger partial charge on any atom is -0.357 e. The monoisotopic (exact) mass is 221 g/mol. The fourth-order valence-electron chi connectivity index (χ4n) is 2.35. The Morgan fingerprint density at radius 1 is 0.824 bits per heavy atom. The molecule has 84 valence electrons. The number of rotatable bonds is 2. The molecular formula is C16H15N. The third kappa shape index (κ3) is 1.96. The summed E-state index contributed by atoms with van der Waals surface area (Å²) in [5, 5.41) is 0. The Labute approximate surface area is 102 Å². The number of nitrogens with zero attached hydrogens (tertiary/aromatic N) is 1. The summed E-state index contributed by atoms with van der Waals surface area (Å²) in [7, 11) is 0. The number of hydrogen-bond donors (Lipinski definition) is 0. The number of para-hydroxylation sites is 1. The Morgan fingerprint density at radius 2 is 1.47 bits per heavy atom. The Morgan fingerprint density at radius 3 is 2.18 bits per heavy atom. The smallest absolute Gasteiger partial charge is 0.0730 e. The van der Waals surface area contributed by atoms with Gasteiger partial charge < -0.3 is 4.90 Å². The Hall–Kier alpha value is -2.02. The molecule has 1 atom stereocenters. The molecule has 2 aromatic carbocycles. The van der Waals surface area contributed by atoms with E-state index in [0.717, 1.165) is 6.54 Å². The predicted molar refractivity (Wildman–Crippen MR) is 72.1 cm³/mol. The van der Waals surface area contributed by atoms with Crippen LogP contribution in [0.5, 0.6) is 0 Å². The van der Waals surface area contributed by atoms with Crippen molar-refractivity contribution in [1.29, 1.82) is 0 Å². The maximum absolute atomic E-state index is 2.41. The second-order valence-electron chi connectivity index (χ2n) is 4.27. The minimum atomic E-state index is 0.374. The zero-order valence-electron chi connectivity index (χ0n) is 9.66. The third-order valence-corrected chi connectivity index (χ3v) is 3.19. The van der Waals surface area contributed by atoms with Crippen molar-refractivity contribution in [3.8, 4) is 0 Å². The molecule has 17 heavy (non-hydrogen) atoms. The molecule has 0 spiro atoms. The number of benzene rings is 2. The van der Waals surface area contributed by atoms with Crippen LogP contribution in [0, 0.1) is 0 Å². The van der Waals surface area contributed by atoms with Crippen LogP contribution in [-0.2, 0) is 0 Å². The molecule has 1 aliphatic heterocycles. The van der Waals surface area contributed by atoms with Crippen LogP contribution in [-0.4, -0.2) is 6.54 Å². The van der Waals surface area contributed by atoms with Gasteiger partial charge in [-0.05, 0) is 17.7 Å². The summed E-state index contributed by atoms with van der Waals surface area (Å²) in [4.78, 5) is 2.41. The fourth-order valence-corrected chi connectivity index (χ4v) is 2.35. The first kappa shape index (κ1) is 10.2. The second kappa shape index (κ2) is 4.46. The van der Waals surface area contributed by atoms with E-state index in [0.29, 0.717) is 6.04 Å². The normalized spacial score (nSPS) is 18.6. The first-order valence-electron chi connectivity index (χ1n) is 5.98. The van der Waals surface area contributed by atoms with Crippen LogP contribution >= 0.6 is 0 Å². The van der Waals surface area contributed by atoms with E-state index in [1.807, 2.05) is 0 Å². The maximum atomic E-state index is 2.41. The highest BCUT2D eigenvalue weighted by molar-refractivity contribution is 5.52. The lowest BCUT2D eigenvalue weighted by Crippen LogP contribution is -2.23. The van der Waals surface area contributed by atoms with Gasteiger partial charge >= 0.3 is 0 Å². The predicted octanol–water partition coefficient (Wildman–Crippen LogP) is 3.80. The van der Waals surface area contributed by atoms with Crippen LogP contribution in [0.3, 0.4) is 0 Å². The summed E-state index contributed by atoms with van der Waals surface area (Å²) in [5.74, 6) is 0. The maximum Gasteiger partial charge on any atom is 0.0730 e. The highest BCUT2D eigenvalue weighted by Crippen LogP contribution is 2.31. The van der Waals surface area contributed by atoms with Gasteiger partial charge in [0.25, 0.3) is 0 Å². The molecule has 3 rings (SSSR count). The van der Waals surface area contributed by atoms with Crippen molar-refractivity contribution in [2.45, 2.75) is 6.04 Å². The quantitative estimate of drug-likeness (QED) is 0.697. The van der Waals surface area contributed by atoms with Crippen LogP contribution in [0.2, 0.25) is 0 Å². The highest BCUT2D eigenvalue weighted by Gasteiger charge is 2.20. The van der Waals surface area contributed by atoms with Gasteiger partial charge in [0.05, 0.1) is 6.04 Å². The molecule has 0 amide bonds. The topological polar surface area (TPSA) is 3.24 Å². The lowest BCUT2D eigenvalue weighted by Gasteiger charge is -2.27. The van der Waals surface area contributed by atoms with Crippen LogP contribution in [0.4, 0.5) is 5.69 Å². The number of hydrogen-bond acceptors (Lipinski definition) is 1. The summed E-state index contributed by atoms with van der Waals surface area (Å²) < 4.78 is 0. The molecule has 1 unspecified atom stereocenters. The summed E-state index contributed by atoms with van der Waals surface area (Å²) in [5.41, 5.74) is 2.64. The molecule has 0 N–H and O–H groups in total. The molecule has 0 saturated carbocycles. The average Bonchev–Trinajstić information content (AvgIpc) is 2.90. The van der Waals surface area contributed by atoms with Crippen molar-refractivity contribution >= 4 is 5.69 Å². The summed E-state index contributed by atoms with van der Waals surface area (Å²) in [6.07, 6.45) is 4.52. The molecule has 1 nitrogen and oxygen atoms in total. The first-order valence-corrected chi connectivity index (χ1v) is 5.98. The van der Waals surface area contributed by atoms with Gasteiger partial charge in [-0.15, -0.1) is 0 Å². The fraction of sp³-hybridized carbons (Fsp3) is 0.125. The van der Waals surface area contributed by atoms with Gasteiger partial charge in [0.1, 0.15) is 0 Å². The summed E-state index contributed by atoms with van der Waals surface area (Å²) in [6, 6.07) is 21.6. The molecule has 0 fully saturated rings. The van der Waals surface area contributed by atoms with Crippen LogP contribution in [0.25, 0.3) is 0 Å². The molecule has 1 heteroatoms. The standard InChI is InChI=1S/C16H15N/c1-3-8-14(9-4-1)16-12-7-13-17(16)15-10-5-2-6-11-15/h1-12,16H,13H2. The van der Waals surface area contributed by atoms with E-state index in [-0.39, 0.29) is 0 Å².